The lowest BCUT2D eigenvalue weighted by Crippen LogP contribution is -3.00. The normalized spacial score (nSPS) is 27.7. The number of hydrogen-bond acceptors (Lipinski definition) is 6. The van der Waals surface area contributed by atoms with E-state index in [0.29, 0.717) is 16.6 Å². The van der Waals surface area contributed by atoms with Gasteiger partial charge < -0.3 is 26.0 Å². The molecule has 0 saturated carbocycles. The molecule has 7 nitrogen and oxygen atoms in total. The fourth-order valence-corrected chi connectivity index (χ4v) is 6.52. The Balaban J connectivity index is 0.00000245. The highest BCUT2D eigenvalue weighted by molar-refractivity contribution is 7.19. The second kappa shape index (κ2) is 8.83. The zero-order valence-electron chi connectivity index (χ0n) is 18.5. The van der Waals surface area contributed by atoms with Crippen molar-refractivity contribution in [2.75, 3.05) is 40.8 Å². The van der Waals surface area contributed by atoms with Crippen molar-refractivity contribution >= 4 is 34.8 Å². The fraction of sp³-hybridized carbons (Fsp3) is 0.591. The number of hydrogen-bond donors (Lipinski definition) is 0. The van der Waals surface area contributed by atoms with Crippen LogP contribution in [0.1, 0.15) is 31.0 Å². The van der Waals surface area contributed by atoms with Gasteiger partial charge in [0.25, 0.3) is 0 Å². The molecule has 10 heteroatoms. The third kappa shape index (κ3) is 4.07. The van der Waals surface area contributed by atoms with Crippen molar-refractivity contribution < 1.29 is 35.6 Å². The molecular weight excluding hydrogens is 516 g/mol. The van der Waals surface area contributed by atoms with Crippen LogP contribution in [-0.4, -0.2) is 78.1 Å². The smallest absolute Gasteiger partial charge is 0.235 e. The van der Waals surface area contributed by atoms with Crippen LogP contribution in [0, 0.1) is 11.8 Å². The molecule has 3 aliphatic rings. The summed E-state index contributed by atoms with van der Waals surface area (Å²) >= 11 is 7.51. The van der Waals surface area contributed by atoms with Crippen molar-refractivity contribution in [2.24, 2.45) is 11.8 Å². The van der Waals surface area contributed by atoms with Crippen molar-refractivity contribution in [2.45, 2.75) is 31.3 Å². The van der Waals surface area contributed by atoms with Crippen molar-refractivity contribution in [3.63, 3.8) is 0 Å². The van der Waals surface area contributed by atoms with Gasteiger partial charge in [-0.15, -0.1) is 11.3 Å². The van der Waals surface area contributed by atoms with E-state index in [9.17, 15) is 9.59 Å². The van der Waals surface area contributed by atoms with Gasteiger partial charge in [0.15, 0.2) is 5.76 Å². The van der Waals surface area contributed by atoms with Crippen LogP contribution in [-0.2, 0) is 9.59 Å². The Morgan fingerprint density at radius 1 is 1.22 bits per heavy atom. The van der Waals surface area contributed by atoms with Gasteiger partial charge in [-0.25, -0.2) is 0 Å². The number of imide groups is 1. The second-order valence-electron chi connectivity index (χ2n) is 9.86. The first-order chi connectivity index (χ1) is 14.7. The molecule has 32 heavy (non-hydrogen) atoms. The van der Waals surface area contributed by atoms with Gasteiger partial charge in [-0.3, -0.25) is 19.4 Å². The third-order valence-electron chi connectivity index (χ3n) is 6.80. The lowest BCUT2D eigenvalue weighted by molar-refractivity contribution is -0.870. The van der Waals surface area contributed by atoms with E-state index in [4.69, 9.17) is 16.1 Å². The van der Waals surface area contributed by atoms with Gasteiger partial charge in [-0.1, -0.05) is 16.8 Å². The number of likely N-dealkylation sites (tertiary alicyclic amines) is 1. The Kier molecular flexibility index (Phi) is 6.59. The molecule has 0 aromatic carbocycles. The van der Waals surface area contributed by atoms with Gasteiger partial charge in [-0.05, 0) is 31.5 Å². The van der Waals surface area contributed by atoms with Crippen LogP contribution >= 0.6 is 22.9 Å². The lowest BCUT2D eigenvalue weighted by atomic mass is 9.86. The summed E-state index contributed by atoms with van der Waals surface area (Å²) in [5, 5.41) is 4.35. The number of amides is 2. The Bertz CT molecular complexity index is 1020. The standard InChI is InChI=1S/C22H28ClN4O3S.BrH/c1-27(2,3)11-5-10-26-21(28)18-14-6-4-9-25(14)20(19(18)22(26)29)13-12-15(30-24-13)16-7-8-17(23)31-16;/h7-8,12,14,18-20H,4-6,9-11H2,1-3H3;1H/q+1;/p-1/t14-,18-,19-,20-;/m1./s1. The molecule has 0 aliphatic carbocycles. The molecule has 2 aromatic rings. The summed E-state index contributed by atoms with van der Waals surface area (Å²) in [4.78, 5) is 31.5. The summed E-state index contributed by atoms with van der Waals surface area (Å²) in [6.07, 6.45) is 2.81. The second-order valence-corrected chi connectivity index (χ2v) is 11.6. The Morgan fingerprint density at radius 3 is 2.66 bits per heavy atom. The number of nitrogens with zero attached hydrogens (tertiary/aromatic N) is 4. The van der Waals surface area contributed by atoms with Crippen molar-refractivity contribution in [1.82, 2.24) is 15.0 Å². The number of aromatic nitrogens is 1. The summed E-state index contributed by atoms with van der Waals surface area (Å²) in [5.41, 5.74) is 0.744. The van der Waals surface area contributed by atoms with E-state index in [1.54, 1.807) is 0 Å². The average Bonchev–Trinajstić information content (AvgIpc) is 3.47. The minimum atomic E-state index is -0.369. The molecular formula is C22H28BrClN4O3S. The maximum Gasteiger partial charge on any atom is 0.235 e. The Morgan fingerprint density at radius 2 is 1.97 bits per heavy atom. The van der Waals surface area contributed by atoms with Gasteiger partial charge in [0.2, 0.25) is 11.8 Å². The van der Waals surface area contributed by atoms with E-state index in [0.717, 1.165) is 47.4 Å². The summed E-state index contributed by atoms with van der Waals surface area (Å²) in [6, 6.07) is 5.57. The molecule has 2 aromatic heterocycles. The van der Waals surface area contributed by atoms with Crippen LogP contribution in [0.4, 0.5) is 0 Å². The number of halogens is 2. The summed E-state index contributed by atoms with van der Waals surface area (Å²) < 4.78 is 7.13. The van der Waals surface area contributed by atoms with Crippen LogP contribution in [0.5, 0.6) is 0 Å². The van der Waals surface area contributed by atoms with Crippen LogP contribution in [0.25, 0.3) is 10.6 Å². The lowest BCUT2D eigenvalue weighted by Gasteiger charge is -2.28. The monoisotopic (exact) mass is 542 g/mol. The SMILES string of the molecule is C[N+](C)(C)CCCN1C(=O)[C@@H]2[C@H](C1=O)[C@H]1CCCN1[C@@H]2c1cc(-c2ccc(Cl)s2)on1.[Br-]. The van der Waals surface area contributed by atoms with E-state index in [1.807, 2.05) is 18.2 Å². The summed E-state index contributed by atoms with van der Waals surface area (Å²) in [6.45, 7) is 2.30. The van der Waals surface area contributed by atoms with E-state index < -0.39 is 0 Å². The first-order valence-corrected chi connectivity index (χ1v) is 12.1. The topological polar surface area (TPSA) is 66.7 Å². The van der Waals surface area contributed by atoms with Crippen molar-refractivity contribution in [1.29, 1.82) is 0 Å². The molecule has 0 radical (unpaired) electrons. The van der Waals surface area contributed by atoms with Gasteiger partial charge in [0, 0.05) is 25.1 Å². The largest absolute Gasteiger partial charge is 1.00 e. The van der Waals surface area contributed by atoms with Gasteiger partial charge in [-0.2, -0.15) is 0 Å². The zero-order chi connectivity index (χ0) is 21.9. The highest BCUT2D eigenvalue weighted by Gasteiger charge is 2.63. The van der Waals surface area contributed by atoms with Crippen LogP contribution in [0.3, 0.4) is 0 Å². The summed E-state index contributed by atoms with van der Waals surface area (Å²) in [5.74, 6) is -0.0148. The Labute approximate surface area is 207 Å². The van der Waals surface area contributed by atoms with Crippen LogP contribution < -0.4 is 17.0 Å². The van der Waals surface area contributed by atoms with Gasteiger partial charge >= 0.3 is 0 Å². The number of quaternary nitrogens is 1. The number of thiophene rings is 1. The number of carbonyl (C=O) groups excluding carboxylic acids is 2. The molecule has 0 spiro atoms. The molecule has 0 bridgehead atoms. The molecule has 0 N–H and O–H groups in total. The molecule has 174 valence electrons. The molecule has 5 heterocycles. The molecule has 3 saturated heterocycles. The third-order valence-corrected chi connectivity index (χ3v) is 8.05. The van der Waals surface area contributed by atoms with Crippen molar-refractivity contribution in [3.05, 3.63) is 28.2 Å². The maximum absolute atomic E-state index is 13.4. The predicted molar refractivity (Wildman–Crippen MR) is 119 cm³/mol. The average molecular weight is 544 g/mol. The quantitative estimate of drug-likeness (QED) is 0.387. The van der Waals surface area contributed by atoms with E-state index in [1.165, 1.54) is 16.2 Å². The van der Waals surface area contributed by atoms with E-state index >= 15 is 0 Å². The molecule has 3 fully saturated rings. The maximum atomic E-state index is 13.4. The highest BCUT2D eigenvalue weighted by Crippen LogP contribution is 2.53. The zero-order valence-corrected chi connectivity index (χ0v) is 21.6. The Hall–Kier alpha value is -1.26. The van der Waals surface area contributed by atoms with E-state index in [2.05, 4.69) is 31.2 Å². The van der Waals surface area contributed by atoms with Crippen molar-refractivity contribution in [3.8, 4) is 10.6 Å². The van der Waals surface area contributed by atoms with Gasteiger partial charge in [0.05, 0.1) is 54.8 Å². The van der Waals surface area contributed by atoms with E-state index in [-0.39, 0.29) is 52.7 Å². The van der Waals surface area contributed by atoms with Crippen LogP contribution in [0.15, 0.2) is 22.7 Å². The first kappa shape index (κ1) is 23.9. The molecule has 0 unspecified atom stereocenters. The summed E-state index contributed by atoms with van der Waals surface area (Å²) in [7, 11) is 6.37. The minimum absolute atomic E-state index is 0. The molecule has 5 rings (SSSR count). The van der Waals surface area contributed by atoms with Gasteiger partial charge in [0.1, 0.15) is 5.69 Å². The number of carbonyl (C=O) groups is 2. The molecule has 3 aliphatic heterocycles. The predicted octanol–water partition coefficient (Wildman–Crippen LogP) is 0.277. The minimum Gasteiger partial charge on any atom is -1.00 e. The molecule has 2 amide bonds. The first-order valence-electron chi connectivity index (χ1n) is 10.9. The number of fused-ring (bicyclic) bond motifs is 3. The van der Waals surface area contributed by atoms with Crippen LogP contribution in [0.2, 0.25) is 4.34 Å². The fourth-order valence-electron chi connectivity index (χ4n) is 5.53. The number of rotatable bonds is 6. The molecule has 4 atom stereocenters. The highest BCUT2D eigenvalue weighted by atomic mass is 79.9.